The lowest BCUT2D eigenvalue weighted by Gasteiger charge is -2.39. The second kappa shape index (κ2) is 5.78. The predicted molar refractivity (Wildman–Crippen MR) is 86.6 cm³/mol. The molecule has 2 aromatic rings. The highest BCUT2D eigenvalue weighted by Crippen LogP contribution is 2.39. The summed E-state index contributed by atoms with van der Waals surface area (Å²) in [5, 5.41) is 0. The molecule has 2 N–H and O–H groups in total. The van der Waals surface area contributed by atoms with E-state index in [4.69, 9.17) is 10.5 Å². The van der Waals surface area contributed by atoms with E-state index in [1.807, 2.05) is 6.07 Å². The van der Waals surface area contributed by atoms with Gasteiger partial charge in [-0.3, -0.25) is 0 Å². The van der Waals surface area contributed by atoms with E-state index in [1.165, 1.54) is 5.56 Å². The van der Waals surface area contributed by atoms with Crippen LogP contribution in [0.3, 0.4) is 0 Å². The molecule has 0 aliphatic carbocycles. The number of hydrogen-bond acceptors (Lipinski definition) is 3. The normalized spacial score (nSPS) is 17.5. The minimum Gasteiger partial charge on any atom is -0.482 e. The minimum atomic E-state index is 0.0640. The average Bonchev–Trinajstić information content (AvgIpc) is 2.53. The quantitative estimate of drug-likeness (QED) is 0.936. The number of rotatable bonds is 3. The summed E-state index contributed by atoms with van der Waals surface area (Å²) in [5.74, 6) is 0.937. The molecule has 0 spiro atoms. The van der Waals surface area contributed by atoms with Gasteiger partial charge in [0, 0.05) is 12.6 Å². The Morgan fingerprint density at radius 3 is 2.62 bits per heavy atom. The molecule has 0 radical (unpaired) electrons. The molecule has 1 unspecified atom stereocenters. The van der Waals surface area contributed by atoms with Crippen molar-refractivity contribution < 1.29 is 4.74 Å². The topological polar surface area (TPSA) is 38.5 Å². The maximum Gasteiger partial charge on any atom is 0.143 e. The standard InChI is InChI=1S/C18H22N2O/c1-13(2)20-12-18(15-6-4-3-5-7-15)21-17-10-14(11-19)8-9-16(17)20/h3-10,13,18H,11-12,19H2,1-2H3. The van der Waals surface area contributed by atoms with Gasteiger partial charge in [0.1, 0.15) is 11.9 Å². The molecule has 3 rings (SSSR count). The summed E-state index contributed by atoms with van der Waals surface area (Å²) in [7, 11) is 0. The highest BCUT2D eigenvalue weighted by Gasteiger charge is 2.28. The zero-order valence-electron chi connectivity index (χ0n) is 12.6. The van der Waals surface area contributed by atoms with Crippen molar-refractivity contribution in [3.8, 4) is 5.75 Å². The first-order valence-electron chi connectivity index (χ1n) is 7.50. The molecule has 0 saturated heterocycles. The summed E-state index contributed by atoms with van der Waals surface area (Å²) in [6.45, 7) is 5.84. The van der Waals surface area contributed by atoms with Crippen molar-refractivity contribution in [2.45, 2.75) is 32.5 Å². The highest BCUT2D eigenvalue weighted by molar-refractivity contribution is 5.62. The van der Waals surface area contributed by atoms with Crippen molar-refractivity contribution in [3.63, 3.8) is 0 Å². The number of hydrogen-bond donors (Lipinski definition) is 1. The minimum absolute atomic E-state index is 0.0640. The molecule has 1 aliphatic heterocycles. The molecule has 0 bridgehead atoms. The summed E-state index contributed by atoms with van der Waals surface area (Å²) in [6.07, 6.45) is 0.0640. The van der Waals surface area contributed by atoms with Crippen molar-refractivity contribution in [2.24, 2.45) is 5.73 Å². The third-order valence-corrected chi connectivity index (χ3v) is 4.00. The van der Waals surface area contributed by atoms with Gasteiger partial charge in [-0.25, -0.2) is 0 Å². The monoisotopic (exact) mass is 282 g/mol. The van der Waals surface area contributed by atoms with E-state index >= 15 is 0 Å². The van der Waals surface area contributed by atoms with E-state index in [9.17, 15) is 0 Å². The zero-order valence-corrected chi connectivity index (χ0v) is 12.6. The van der Waals surface area contributed by atoms with Crippen molar-refractivity contribution >= 4 is 5.69 Å². The molecule has 1 aliphatic rings. The number of nitrogens with two attached hydrogens (primary N) is 1. The molecule has 21 heavy (non-hydrogen) atoms. The average molecular weight is 282 g/mol. The second-order valence-corrected chi connectivity index (χ2v) is 5.77. The van der Waals surface area contributed by atoms with Gasteiger partial charge in [-0.05, 0) is 37.1 Å². The van der Waals surface area contributed by atoms with Gasteiger partial charge in [0.25, 0.3) is 0 Å². The summed E-state index contributed by atoms with van der Waals surface area (Å²) in [6, 6.07) is 17.1. The van der Waals surface area contributed by atoms with Crippen LogP contribution in [0.2, 0.25) is 0 Å². The zero-order chi connectivity index (χ0) is 14.8. The van der Waals surface area contributed by atoms with Gasteiger partial charge in [-0.2, -0.15) is 0 Å². The maximum atomic E-state index is 6.24. The highest BCUT2D eigenvalue weighted by atomic mass is 16.5. The number of nitrogens with zero attached hydrogens (tertiary/aromatic N) is 1. The summed E-state index contributed by atoms with van der Waals surface area (Å²) in [5.41, 5.74) is 9.23. The Morgan fingerprint density at radius 1 is 1.19 bits per heavy atom. The van der Waals surface area contributed by atoms with E-state index in [-0.39, 0.29) is 6.10 Å². The van der Waals surface area contributed by atoms with Crippen LogP contribution in [-0.2, 0) is 6.54 Å². The Labute approximate surface area is 126 Å². The predicted octanol–water partition coefficient (Wildman–Crippen LogP) is 3.49. The Hall–Kier alpha value is -2.00. The number of ether oxygens (including phenoxy) is 1. The molecule has 1 heterocycles. The lowest BCUT2D eigenvalue weighted by atomic mass is 10.0. The Kier molecular flexibility index (Phi) is 3.84. The molecule has 3 nitrogen and oxygen atoms in total. The largest absolute Gasteiger partial charge is 0.482 e. The lowest BCUT2D eigenvalue weighted by Crippen LogP contribution is -2.39. The first kappa shape index (κ1) is 14.0. The molecule has 0 fully saturated rings. The fourth-order valence-electron chi connectivity index (χ4n) is 2.81. The third-order valence-electron chi connectivity index (χ3n) is 4.00. The summed E-state index contributed by atoms with van der Waals surface area (Å²) >= 11 is 0. The van der Waals surface area contributed by atoms with E-state index in [0.717, 1.165) is 23.5 Å². The van der Waals surface area contributed by atoms with Crippen molar-refractivity contribution in [1.82, 2.24) is 0 Å². The smallest absolute Gasteiger partial charge is 0.143 e. The van der Waals surface area contributed by atoms with Crippen LogP contribution in [0.15, 0.2) is 48.5 Å². The SMILES string of the molecule is CC(C)N1CC(c2ccccc2)Oc2cc(CN)ccc21. The molecule has 110 valence electrons. The Bertz CT molecular complexity index is 610. The van der Waals surface area contributed by atoms with Gasteiger partial charge < -0.3 is 15.4 Å². The fraction of sp³-hybridized carbons (Fsp3) is 0.333. The van der Waals surface area contributed by atoms with E-state index in [1.54, 1.807) is 0 Å². The van der Waals surface area contributed by atoms with Crippen LogP contribution in [-0.4, -0.2) is 12.6 Å². The molecule has 2 aromatic carbocycles. The van der Waals surface area contributed by atoms with E-state index < -0.39 is 0 Å². The summed E-state index contributed by atoms with van der Waals surface area (Å²) < 4.78 is 6.24. The van der Waals surface area contributed by atoms with Gasteiger partial charge in [-0.15, -0.1) is 0 Å². The first-order valence-corrected chi connectivity index (χ1v) is 7.50. The maximum absolute atomic E-state index is 6.24. The summed E-state index contributed by atoms with van der Waals surface area (Å²) in [4.78, 5) is 2.40. The molecule has 0 saturated carbocycles. The van der Waals surface area contributed by atoms with Gasteiger partial charge >= 0.3 is 0 Å². The molecule has 0 aromatic heterocycles. The van der Waals surface area contributed by atoms with Crippen LogP contribution in [0.4, 0.5) is 5.69 Å². The Morgan fingerprint density at radius 2 is 1.95 bits per heavy atom. The molecule has 1 atom stereocenters. The van der Waals surface area contributed by atoms with Crippen LogP contribution in [0.25, 0.3) is 0 Å². The number of benzene rings is 2. The molecular formula is C18H22N2O. The Balaban J connectivity index is 1.99. The van der Waals surface area contributed by atoms with Crippen LogP contribution < -0.4 is 15.4 Å². The van der Waals surface area contributed by atoms with Crippen LogP contribution in [0.5, 0.6) is 5.75 Å². The van der Waals surface area contributed by atoms with Crippen molar-refractivity contribution in [1.29, 1.82) is 0 Å². The van der Waals surface area contributed by atoms with Crippen LogP contribution >= 0.6 is 0 Å². The van der Waals surface area contributed by atoms with E-state index in [2.05, 4.69) is 61.2 Å². The molecule has 3 heteroatoms. The van der Waals surface area contributed by atoms with Crippen LogP contribution in [0, 0.1) is 0 Å². The lowest BCUT2D eigenvalue weighted by molar-refractivity contribution is 0.194. The van der Waals surface area contributed by atoms with Gasteiger partial charge in [0.2, 0.25) is 0 Å². The first-order chi connectivity index (χ1) is 10.2. The van der Waals surface area contributed by atoms with Gasteiger partial charge in [-0.1, -0.05) is 36.4 Å². The fourth-order valence-corrected chi connectivity index (χ4v) is 2.81. The van der Waals surface area contributed by atoms with Crippen molar-refractivity contribution in [3.05, 3.63) is 59.7 Å². The third kappa shape index (κ3) is 2.74. The number of fused-ring (bicyclic) bond motifs is 1. The number of anilines is 1. The molecular weight excluding hydrogens is 260 g/mol. The molecule has 0 amide bonds. The van der Waals surface area contributed by atoms with E-state index in [0.29, 0.717) is 12.6 Å². The van der Waals surface area contributed by atoms with Gasteiger partial charge in [0.05, 0.1) is 12.2 Å². The second-order valence-electron chi connectivity index (χ2n) is 5.77. The van der Waals surface area contributed by atoms with Crippen LogP contribution in [0.1, 0.15) is 31.1 Å². The van der Waals surface area contributed by atoms with Crippen molar-refractivity contribution in [2.75, 3.05) is 11.4 Å². The van der Waals surface area contributed by atoms with Gasteiger partial charge in [0.15, 0.2) is 0 Å².